The Morgan fingerprint density at radius 3 is 2.70 bits per heavy atom. The minimum absolute atomic E-state index is 0.0310. The zero-order valence-corrected chi connectivity index (χ0v) is 12.2. The molecule has 1 amide bonds. The molecule has 0 N–H and O–H groups in total. The molecule has 0 aliphatic carbocycles. The van der Waals surface area contributed by atoms with Crippen LogP contribution in [0.2, 0.25) is 0 Å². The van der Waals surface area contributed by atoms with Crippen LogP contribution in [0.3, 0.4) is 0 Å². The number of carbonyl (C=O) groups is 1. The van der Waals surface area contributed by atoms with Gasteiger partial charge in [-0.25, -0.2) is 0 Å². The summed E-state index contributed by atoms with van der Waals surface area (Å²) < 4.78 is 10.6. The lowest BCUT2D eigenvalue weighted by Gasteiger charge is -2.36. The van der Waals surface area contributed by atoms with Gasteiger partial charge in [0.25, 0.3) is 0 Å². The van der Waals surface area contributed by atoms with Crippen molar-refractivity contribution in [3.05, 3.63) is 35.9 Å². The van der Waals surface area contributed by atoms with Gasteiger partial charge >= 0.3 is 0 Å². The molecule has 0 aromatic heterocycles. The van der Waals surface area contributed by atoms with Gasteiger partial charge in [0.05, 0.1) is 25.9 Å². The monoisotopic (exact) mass is 275 g/mol. The summed E-state index contributed by atoms with van der Waals surface area (Å²) in [4.78, 5) is 14.1. The molecule has 1 fully saturated rings. The van der Waals surface area contributed by atoms with Crippen LogP contribution in [-0.2, 0) is 9.53 Å². The van der Waals surface area contributed by atoms with Crippen LogP contribution in [0.5, 0.6) is 5.75 Å². The molecule has 1 aromatic carbocycles. The lowest BCUT2D eigenvalue weighted by molar-refractivity contribution is -0.137. The Labute approximate surface area is 120 Å². The van der Waals surface area contributed by atoms with E-state index in [0.29, 0.717) is 13.2 Å². The van der Waals surface area contributed by atoms with Gasteiger partial charge in [0.15, 0.2) is 0 Å². The number of morpholine rings is 1. The lowest BCUT2D eigenvalue weighted by atomic mass is 10.1. The molecule has 1 heterocycles. The Morgan fingerprint density at radius 2 is 2.05 bits per heavy atom. The Hall–Kier alpha value is -1.81. The van der Waals surface area contributed by atoms with Crippen molar-refractivity contribution in [2.45, 2.75) is 26.0 Å². The summed E-state index contributed by atoms with van der Waals surface area (Å²) in [6, 6.07) is 7.73. The SMILES string of the molecule is COc1ccc(/C=C\C(=O)N2C[C@H](C)OC[C@H]2C)cc1. The fourth-order valence-corrected chi connectivity index (χ4v) is 2.19. The van der Waals surface area contributed by atoms with E-state index in [1.165, 1.54) is 0 Å². The molecule has 20 heavy (non-hydrogen) atoms. The van der Waals surface area contributed by atoms with Crippen molar-refractivity contribution in [2.75, 3.05) is 20.3 Å². The largest absolute Gasteiger partial charge is 0.497 e. The Balaban J connectivity index is 2.00. The highest BCUT2D eigenvalue weighted by Gasteiger charge is 2.25. The van der Waals surface area contributed by atoms with Crippen LogP contribution in [0, 0.1) is 0 Å². The second kappa shape index (κ2) is 6.57. The number of ether oxygens (including phenoxy) is 2. The van der Waals surface area contributed by atoms with Gasteiger partial charge in [-0.15, -0.1) is 0 Å². The van der Waals surface area contributed by atoms with E-state index in [0.717, 1.165) is 11.3 Å². The first kappa shape index (κ1) is 14.6. The molecular formula is C16H21NO3. The molecule has 1 saturated heterocycles. The van der Waals surface area contributed by atoms with Gasteiger partial charge in [-0.05, 0) is 37.6 Å². The minimum atomic E-state index is 0.0310. The summed E-state index contributed by atoms with van der Waals surface area (Å²) in [5.74, 6) is 0.840. The van der Waals surface area contributed by atoms with Crippen LogP contribution < -0.4 is 4.74 Å². The van der Waals surface area contributed by atoms with Crippen molar-refractivity contribution in [1.82, 2.24) is 4.90 Å². The summed E-state index contributed by atoms with van der Waals surface area (Å²) in [5, 5.41) is 0. The summed E-state index contributed by atoms with van der Waals surface area (Å²) >= 11 is 0. The first-order chi connectivity index (χ1) is 9.60. The van der Waals surface area contributed by atoms with Gasteiger partial charge < -0.3 is 14.4 Å². The first-order valence-corrected chi connectivity index (χ1v) is 6.84. The highest BCUT2D eigenvalue weighted by atomic mass is 16.5. The molecule has 0 bridgehead atoms. The summed E-state index contributed by atoms with van der Waals surface area (Å²) in [6.45, 7) is 5.24. The van der Waals surface area contributed by atoms with Crippen LogP contribution in [0.4, 0.5) is 0 Å². The van der Waals surface area contributed by atoms with E-state index < -0.39 is 0 Å². The number of hydrogen-bond donors (Lipinski definition) is 0. The number of benzene rings is 1. The number of hydrogen-bond acceptors (Lipinski definition) is 3. The van der Waals surface area contributed by atoms with Crippen LogP contribution in [0.1, 0.15) is 19.4 Å². The third-order valence-corrected chi connectivity index (χ3v) is 3.43. The maximum Gasteiger partial charge on any atom is 0.246 e. The quantitative estimate of drug-likeness (QED) is 0.795. The van der Waals surface area contributed by atoms with Crippen molar-refractivity contribution >= 4 is 12.0 Å². The number of nitrogens with zero attached hydrogens (tertiary/aromatic N) is 1. The summed E-state index contributed by atoms with van der Waals surface area (Å²) in [6.07, 6.45) is 3.55. The van der Waals surface area contributed by atoms with Gasteiger partial charge in [-0.2, -0.15) is 0 Å². The predicted molar refractivity (Wildman–Crippen MR) is 78.6 cm³/mol. The summed E-state index contributed by atoms with van der Waals surface area (Å²) in [7, 11) is 1.63. The van der Waals surface area contributed by atoms with Gasteiger partial charge in [0.1, 0.15) is 5.75 Å². The molecule has 1 aliphatic heterocycles. The van der Waals surface area contributed by atoms with Crippen molar-refractivity contribution in [2.24, 2.45) is 0 Å². The van der Waals surface area contributed by atoms with Crippen molar-refractivity contribution < 1.29 is 14.3 Å². The number of carbonyl (C=O) groups excluding carboxylic acids is 1. The molecule has 2 rings (SSSR count). The second-order valence-electron chi connectivity index (χ2n) is 5.09. The lowest BCUT2D eigenvalue weighted by Crippen LogP contribution is -2.49. The van der Waals surface area contributed by atoms with E-state index in [-0.39, 0.29) is 18.1 Å². The topological polar surface area (TPSA) is 38.8 Å². The Bertz CT molecular complexity index is 481. The molecule has 0 unspecified atom stereocenters. The van der Waals surface area contributed by atoms with Gasteiger partial charge in [-0.3, -0.25) is 4.79 Å². The van der Waals surface area contributed by atoms with Crippen molar-refractivity contribution in [3.63, 3.8) is 0 Å². The van der Waals surface area contributed by atoms with E-state index in [1.54, 1.807) is 13.2 Å². The van der Waals surface area contributed by atoms with Gasteiger partial charge in [0, 0.05) is 12.6 Å². The zero-order valence-electron chi connectivity index (χ0n) is 12.2. The van der Waals surface area contributed by atoms with E-state index >= 15 is 0 Å². The Morgan fingerprint density at radius 1 is 1.35 bits per heavy atom. The molecule has 1 aliphatic rings. The average molecular weight is 275 g/mol. The fraction of sp³-hybridized carbons (Fsp3) is 0.438. The van der Waals surface area contributed by atoms with Crippen LogP contribution >= 0.6 is 0 Å². The molecule has 2 atom stereocenters. The van der Waals surface area contributed by atoms with Gasteiger partial charge in [0.2, 0.25) is 5.91 Å². The molecule has 0 saturated carbocycles. The number of methoxy groups -OCH3 is 1. The fourth-order valence-electron chi connectivity index (χ4n) is 2.19. The van der Waals surface area contributed by atoms with Crippen LogP contribution in [-0.4, -0.2) is 43.2 Å². The molecule has 0 radical (unpaired) electrons. The molecule has 108 valence electrons. The molecular weight excluding hydrogens is 254 g/mol. The number of rotatable bonds is 3. The number of amides is 1. The Kier molecular flexibility index (Phi) is 4.79. The maximum absolute atomic E-state index is 12.2. The van der Waals surface area contributed by atoms with Crippen molar-refractivity contribution in [1.29, 1.82) is 0 Å². The molecule has 0 spiro atoms. The standard InChI is InChI=1S/C16H21NO3/c1-12-11-20-13(2)10-17(12)16(18)9-6-14-4-7-15(19-3)8-5-14/h4-9,12-13H,10-11H2,1-3H3/b9-6-/t12-,13+/m1/s1. The third kappa shape index (κ3) is 3.61. The molecule has 4 heteroatoms. The normalized spacial score (nSPS) is 23.1. The van der Waals surface area contributed by atoms with Crippen LogP contribution in [0.25, 0.3) is 6.08 Å². The predicted octanol–water partition coefficient (Wildman–Crippen LogP) is 2.34. The van der Waals surface area contributed by atoms with Crippen molar-refractivity contribution in [3.8, 4) is 5.75 Å². The average Bonchev–Trinajstić information content (AvgIpc) is 2.47. The highest BCUT2D eigenvalue weighted by molar-refractivity contribution is 5.92. The van der Waals surface area contributed by atoms with Gasteiger partial charge in [-0.1, -0.05) is 12.1 Å². The maximum atomic E-state index is 12.2. The van der Waals surface area contributed by atoms with E-state index in [9.17, 15) is 4.79 Å². The van der Waals surface area contributed by atoms with E-state index in [4.69, 9.17) is 9.47 Å². The first-order valence-electron chi connectivity index (χ1n) is 6.84. The minimum Gasteiger partial charge on any atom is -0.497 e. The van der Waals surface area contributed by atoms with E-state index in [1.807, 2.05) is 49.1 Å². The van der Waals surface area contributed by atoms with E-state index in [2.05, 4.69) is 0 Å². The highest BCUT2D eigenvalue weighted by Crippen LogP contribution is 2.14. The molecule has 4 nitrogen and oxygen atoms in total. The molecule has 1 aromatic rings. The second-order valence-corrected chi connectivity index (χ2v) is 5.09. The smallest absolute Gasteiger partial charge is 0.246 e. The summed E-state index contributed by atoms with van der Waals surface area (Å²) in [5.41, 5.74) is 0.980. The zero-order chi connectivity index (χ0) is 14.5. The van der Waals surface area contributed by atoms with Crippen LogP contribution in [0.15, 0.2) is 30.3 Å². The third-order valence-electron chi connectivity index (χ3n) is 3.43.